The number of fused-ring (bicyclic) bond motifs is 1. The predicted octanol–water partition coefficient (Wildman–Crippen LogP) is 2.98. The van der Waals surface area contributed by atoms with Crippen LogP contribution < -0.4 is 4.90 Å². The highest BCUT2D eigenvalue weighted by Crippen LogP contribution is 2.36. The second kappa shape index (κ2) is 4.55. The van der Waals surface area contributed by atoms with Gasteiger partial charge in [-0.1, -0.05) is 23.8 Å². The van der Waals surface area contributed by atoms with Crippen molar-refractivity contribution in [2.24, 2.45) is 0 Å². The first kappa shape index (κ1) is 13.0. The summed E-state index contributed by atoms with van der Waals surface area (Å²) in [5, 5.41) is 3.55. The fourth-order valence-electron chi connectivity index (χ4n) is 2.08. The summed E-state index contributed by atoms with van der Waals surface area (Å²) in [4.78, 5) is 23.9. The molecule has 0 spiro atoms. The molecule has 104 valence electrons. The number of aldehydes is 1. The summed E-state index contributed by atoms with van der Waals surface area (Å²) in [6.07, 6.45) is 0.206. The molecule has 0 saturated carbocycles. The van der Waals surface area contributed by atoms with E-state index < -0.39 is 22.8 Å². The largest absolute Gasteiger partial charge is 0.351 e. The summed E-state index contributed by atoms with van der Waals surface area (Å²) in [6, 6.07) is 1.13. The second-order valence-corrected chi connectivity index (χ2v) is 5.79. The molecule has 1 saturated heterocycles. The molecule has 2 aromatic rings. The zero-order valence-electron chi connectivity index (χ0n) is 10.2. The molecule has 0 N–H and O–H groups in total. The average molecular weight is 298 g/mol. The maximum Gasteiger partial charge on any atom is 0.287 e. The number of carbonyl (C=O) groups excluding carboxylic acids is 2. The van der Waals surface area contributed by atoms with E-state index in [0.717, 1.165) is 17.8 Å². The Kier molecular flexibility index (Phi) is 2.97. The number of hydrogen-bond acceptors (Lipinski definition) is 5. The Labute approximate surface area is 115 Å². The van der Waals surface area contributed by atoms with Gasteiger partial charge in [0.1, 0.15) is 0 Å². The molecule has 0 aliphatic carbocycles. The van der Waals surface area contributed by atoms with E-state index in [1.54, 1.807) is 0 Å². The lowest BCUT2D eigenvalue weighted by Gasteiger charge is -2.10. The van der Waals surface area contributed by atoms with Crippen LogP contribution in [0.15, 0.2) is 10.6 Å². The second-order valence-electron chi connectivity index (χ2n) is 4.40. The first-order chi connectivity index (χ1) is 9.52. The van der Waals surface area contributed by atoms with Crippen LogP contribution in [0.5, 0.6) is 0 Å². The summed E-state index contributed by atoms with van der Waals surface area (Å²) in [5.74, 6) is -2.47. The molecule has 3 rings (SSSR count). The molecule has 8 heteroatoms. The quantitative estimate of drug-likeness (QED) is 0.798. The number of aromatic nitrogens is 1. The van der Waals surface area contributed by atoms with Gasteiger partial charge >= 0.3 is 0 Å². The summed E-state index contributed by atoms with van der Waals surface area (Å²) in [6.45, 7) is 2.25. The van der Waals surface area contributed by atoms with Crippen LogP contribution >= 0.6 is 11.8 Å². The van der Waals surface area contributed by atoms with E-state index in [-0.39, 0.29) is 28.0 Å². The van der Waals surface area contributed by atoms with Crippen molar-refractivity contribution >= 4 is 40.1 Å². The van der Waals surface area contributed by atoms with Crippen molar-refractivity contribution in [2.75, 3.05) is 11.4 Å². The van der Waals surface area contributed by atoms with E-state index in [4.69, 9.17) is 4.52 Å². The molecule has 5 nitrogen and oxygen atoms in total. The van der Waals surface area contributed by atoms with E-state index in [1.165, 1.54) is 4.90 Å². The van der Waals surface area contributed by atoms with Crippen LogP contribution in [-0.4, -0.2) is 28.5 Å². The zero-order chi connectivity index (χ0) is 14.4. The van der Waals surface area contributed by atoms with E-state index in [0.29, 0.717) is 6.54 Å². The van der Waals surface area contributed by atoms with Crippen molar-refractivity contribution in [3.8, 4) is 0 Å². The summed E-state index contributed by atoms with van der Waals surface area (Å²) in [7, 11) is 0. The minimum atomic E-state index is -1.29. The Balaban J connectivity index is 2.21. The van der Waals surface area contributed by atoms with E-state index in [1.807, 2.05) is 6.92 Å². The van der Waals surface area contributed by atoms with Gasteiger partial charge in [0.25, 0.3) is 5.24 Å². The van der Waals surface area contributed by atoms with Crippen molar-refractivity contribution in [3.05, 3.63) is 23.3 Å². The van der Waals surface area contributed by atoms with Gasteiger partial charge in [-0.2, -0.15) is 4.39 Å². The summed E-state index contributed by atoms with van der Waals surface area (Å²) >= 11 is 1.12. The molecule has 1 aliphatic rings. The predicted molar refractivity (Wildman–Crippen MR) is 69.1 cm³/mol. The number of rotatable bonds is 2. The van der Waals surface area contributed by atoms with Crippen molar-refractivity contribution in [2.45, 2.75) is 12.2 Å². The number of thioether (sulfide) groups is 1. The van der Waals surface area contributed by atoms with Gasteiger partial charge in [0.2, 0.25) is 11.4 Å². The monoisotopic (exact) mass is 298 g/mol. The minimum Gasteiger partial charge on any atom is -0.351 e. The molecule has 0 bridgehead atoms. The SMILES string of the molecule is C[C@H]1CN(c2noc3c(F)c(F)c(C=O)cc23)C(=O)S1. The van der Waals surface area contributed by atoms with Gasteiger partial charge in [-0.05, 0) is 6.07 Å². The molecule has 20 heavy (non-hydrogen) atoms. The Morgan fingerprint density at radius 3 is 2.85 bits per heavy atom. The molecule has 1 fully saturated rings. The van der Waals surface area contributed by atoms with Crippen molar-refractivity contribution in [3.63, 3.8) is 0 Å². The highest BCUT2D eigenvalue weighted by atomic mass is 32.2. The van der Waals surface area contributed by atoms with Gasteiger partial charge in [0.15, 0.2) is 17.9 Å². The number of anilines is 1. The molecule has 0 radical (unpaired) electrons. The maximum absolute atomic E-state index is 13.7. The van der Waals surface area contributed by atoms with Gasteiger partial charge in [0.05, 0.1) is 10.9 Å². The minimum absolute atomic E-state index is 0.0603. The normalized spacial score (nSPS) is 19.1. The van der Waals surface area contributed by atoms with Gasteiger partial charge in [-0.3, -0.25) is 14.5 Å². The topological polar surface area (TPSA) is 63.4 Å². The van der Waals surface area contributed by atoms with E-state index >= 15 is 0 Å². The maximum atomic E-state index is 13.7. The molecule has 1 aliphatic heterocycles. The molecule has 1 aromatic heterocycles. The fraction of sp³-hybridized carbons (Fsp3) is 0.250. The molecule has 1 atom stereocenters. The number of halogens is 2. The first-order valence-electron chi connectivity index (χ1n) is 5.73. The number of amides is 1. The average Bonchev–Trinajstić information content (AvgIpc) is 2.96. The fourth-order valence-corrected chi connectivity index (χ4v) is 2.94. The van der Waals surface area contributed by atoms with Crippen LogP contribution in [0.2, 0.25) is 0 Å². The Morgan fingerprint density at radius 1 is 1.50 bits per heavy atom. The number of nitrogens with zero attached hydrogens (tertiary/aromatic N) is 2. The van der Waals surface area contributed by atoms with Crippen molar-refractivity contribution in [1.29, 1.82) is 0 Å². The van der Waals surface area contributed by atoms with Crippen LogP contribution in [0, 0.1) is 11.6 Å². The summed E-state index contributed by atoms with van der Waals surface area (Å²) in [5.41, 5.74) is -0.841. The lowest BCUT2D eigenvalue weighted by Crippen LogP contribution is -2.24. The Morgan fingerprint density at radius 2 is 2.25 bits per heavy atom. The van der Waals surface area contributed by atoms with Crippen LogP contribution in [-0.2, 0) is 0 Å². The standard InChI is InChI=1S/C12H8F2N2O3S/c1-5-3-16(12(18)20-5)11-7-2-6(4-17)8(13)9(14)10(7)19-15-11/h2,4-5H,3H2,1H3/t5-/m0/s1. The molecule has 2 heterocycles. The van der Waals surface area contributed by atoms with Crippen LogP contribution in [0.4, 0.5) is 19.4 Å². The first-order valence-corrected chi connectivity index (χ1v) is 6.61. The van der Waals surface area contributed by atoms with Crippen LogP contribution in [0.25, 0.3) is 11.0 Å². The Hall–Kier alpha value is -1.96. The third-order valence-electron chi connectivity index (χ3n) is 3.00. The number of benzene rings is 1. The lowest BCUT2D eigenvalue weighted by molar-refractivity contribution is 0.111. The number of hydrogen-bond donors (Lipinski definition) is 0. The van der Waals surface area contributed by atoms with E-state index in [2.05, 4.69) is 5.16 Å². The van der Waals surface area contributed by atoms with Crippen molar-refractivity contribution in [1.82, 2.24) is 5.16 Å². The van der Waals surface area contributed by atoms with E-state index in [9.17, 15) is 18.4 Å². The molecular weight excluding hydrogens is 290 g/mol. The number of carbonyl (C=O) groups is 2. The van der Waals surface area contributed by atoms with Gasteiger partial charge in [-0.15, -0.1) is 0 Å². The zero-order valence-corrected chi connectivity index (χ0v) is 11.0. The smallest absolute Gasteiger partial charge is 0.287 e. The van der Waals surface area contributed by atoms with Gasteiger partial charge in [0, 0.05) is 11.8 Å². The van der Waals surface area contributed by atoms with Crippen LogP contribution in [0.1, 0.15) is 17.3 Å². The molecule has 1 aromatic carbocycles. The molecule has 0 unspecified atom stereocenters. The highest BCUT2D eigenvalue weighted by Gasteiger charge is 2.33. The third-order valence-corrected chi connectivity index (χ3v) is 3.97. The summed E-state index contributed by atoms with van der Waals surface area (Å²) < 4.78 is 32.0. The van der Waals surface area contributed by atoms with Crippen LogP contribution in [0.3, 0.4) is 0 Å². The third kappa shape index (κ3) is 1.79. The Bertz CT molecular complexity index is 731. The van der Waals surface area contributed by atoms with Gasteiger partial charge < -0.3 is 4.52 Å². The van der Waals surface area contributed by atoms with Gasteiger partial charge in [-0.25, -0.2) is 4.39 Å². The lowest BCUT2D eigenvalue weighted by atomic mass is 10.1. The molecular formula is C12H8F2N2O3S. The molecule has 1 amide bonds. The van der Waals surface area contributed by atoms with Crippen molar-refractivity contribution < 1.29 is 22.9 Å². The highest BCUT2D eigenvalue weighted by molar-refractivity contribution is 8.14.